The highest BCUT2D eigenvalue weighted by atomic mass is 32.2. The van der Waals surface area contributed by atoms with Crippen LogP contribution in [0.15, 0.2) is 28.8 Å². The lowest BCUT2D eigenvalue weighted by Crippen LogP contribution is -2.37. The number of nitrogens with zero attached hydrogens (tertiary/aromatic N) is 2. The predicted molar refractivity (Wildman–Crippen MR) is 105 cm³/mol. The Labute approximate surface area is 159 Å². The van der Waals surface area contributed by atoms with E-state index in [2.05, 4.69) is 10.5 Å². The van der Waals surface area contributed by atoms with E-state index in [1.54, 1.807) is 31.2 Å². The zero-order valence-corrected chi connectivity index (χ0v) is 16.9. The van der Waals surface area contributed by atoms with E-state index in [0.29, 0.717) is 41.4 Å². The number of carbonyl (C=O) groups is 1. The van der Waals surface area contributed by atoms with Gasteiger partial charge in [0.25, 0.3) is 5.91 Å². The second-order valence-corrected chi connectivity index (χ2v) is 9.82. The SMILES string of the molecule is Cc1onc(C(C)(C)C)c1C(=O)Nc1ccc(N2CCCCS2(=O)=O)cc1. The van der Waals surface area contributed by atoms with Crippen LogP contribution < -0.4 is 9.62 Å². The molecule has 0 bridgehead atoms. The standard InChI is InChI=1S/C19H25N3O4S/c1-13-16(17(21-26-13)19(2,3)4)18(23)20-14-7-9-15(10-8-14)22-11-5-6-12-27(22,24)25/h7-10H,5-6,11-12H2,1-4H3,(H,20,23). The maximum atomic E-state index is 12.7. The third kappa shape index (κ3) is 4.00. The van der Waals surface area contributed by atoms with Crippen molar-refractivity contribution >= 4 is 27.3 Å². The molecule has 1 fully saturated rings. The number of nitrogens with one attached hydrogen (secondary N) is 1. The van der Waals surface area contributed by atoms with Gasteiger partial charge in [-0.1, -0.05) is 25.9 Å². The summed E-state index contributed by atoms with van der Waals surface area (Å²) >= 11 is 0. The number of sulfonamides is 1. The number of rotatable bonds is 3. The smallest absolute Gasteiger partial charge is 0.261 e. The van der Waals surface area contributed by atoms with Crippen molar-refractivity contribution < 1.29 is 17.7 Å². The number of aryl methyl sites for hydroxylation is 1. The van der Waals surface area contributed by atoms with E-state index in [-0.39, 0.29) is 17.1 Å². The van der Waals surface area contributed by atoms with Gasteiger partial charge in [0.2, 0.25) is 10.0 Å². The molecule has 7 nitrogen and oxygen atoms in total. The van der Waals surface area contributed by atoms with Gasteiger partial charge in [0.05, 0.1) is 11.4 Å². The summed E-state index contributed by atoms with van der Waals surface area (Å²) in [6, 6.07) is 6.83. The van der Waals surface area contributed by atoms with Crippen molar-refractivity contribution in [2.75, 3.05) is 21.9 Å². The van der Waals surface area contributed by atoms with Gasteiger partial charge in [-0.2, -0.15) is 0 Å². The van der Waals surface area contributed by atoms with E-state index in [1.807, 2.05) is 20.8 Å². The van der Waals surface area contributed by atoms with E-state index < -0.39 is 10.0 Å². The average Bonchev–Trinajstić information content (AvgIpc) is 2.97. The molecule has 0 spiro atoms. The van der Waals surface area contributed by atoms with Gasteiger partial charge in [0.1, 0.15) is 17.0 Å². The molecule has 1 amide bonds. The minimum atomic E-state index is -3.25. The first-order valence-corrected chi connectivity index (χ1v) is 10.6. The van der Waals surface area contributed by atoms with Crippen LogP contribution in [0.5, 0.6) is 0 Å². The van der Waals surface area contributed by atoms with Crippen LogP contribution in [0.2, 0.25) is 0 Å². The maximum Gasteiger partial charge on any atom is 0.261 e. The Morgan fingerprint density at radius 1 is 1.19 bits per heavy atom. The molecule has 0 aliphatic carbocycles. The summed E-state index contributed by atoms with van der Waals surface area (Å²) in [6.07, 6.45) is 1.54. The van der Waals surface area contributed by atoms with Crippen molar-refractivity contribution in [3.05, 3.63) is 41.3 Å². The Morgan fingerprint density at radius 2 is 1.85 bits per heavy atom. The molecule has 1 N–H and O–H groups in total. The van der Waals surface area contributed by atoms with Crippen LogP contribution in [0, 0.1) is 6.92 Å². The van der Waals surface area contributed by atoms with Gasteiger partial charge in [-0.15, -0.1) is 0 Å². The van der Waals surface area contributed by atoms with Gasteiger partial charge in [-0.25, -0.2) is 8.42 Å². The lowest BCUT2D eigenvalue weighted by atomic mass is 9.88. The second kappa shape index (κ2) is 6.99. The van der Waals surface area contributed by atoms with Crippen LogP contribution in [-0.4, -0.2) is 31.8 Å². The second-order valence-electron chi connectivity index (χ2n) is 7.81. The zero-order chi connectivity index (χ0) is 19.8. The van der Waals surface area contributed by atoms with E-state index in [4.69, 9.17) is 4.52 Å². The van der Waals surface area contributed by atoms with Crippen molar-refractivity contribution in [1.29, 1.82) is 0 Å². The number of benzene rings is 1. The Balaban J connectivity index is 1.80. The number of hydrogen-bond acceptors (Lipinski definition) is 5. The molecule has 2 aromatic rings. The Hall–Kier alpha value is -2.35. The normalized spacial score (nSPS) is 17.0. The van der Waals surface area contributed by atoms with Crippen LogP contribution in [0.3, 0.4) is 0 Å². The van der Waals surface area contributed by atoms with E-state index in [9.17, 15) is 13.2 Å². The van der Waals surface area contributed by atoms with Crippen molar-refractivity contribution in [2.24, 2.45) is 0 Å². The van der Waals surface area contributed by atoms with Gasteiger partial charge in [0.15, 0.2) is 0 Å². The van der Waals surface area contributed by atoms with Gasteiger partial charge in [-0.05, 0) is 44.0 Å². The molecule has 0 unspecified atom stereocenters. The van der Waals surface area contributed by atoms with Crippen LogP contribution in [-0.2, 0) is 15.4 Å². The summed E-state index contributed by atoms with van der Waals surface area (Å²) in [6.45, 7) is 8.10. The summed E-state index contributed by atoms with van der Waals surface area (Å²) in [5, 5.41) is 6.87. The summed E-state index contributed by atoms with van der Waals surface area (Å²) < 4.78 is 31.1. The molecule has 0 radical (unpaired) electrons. The molecule has 0 atom stereocenters. The molecular formula is C19H25N3O4S. The minimum absolute atomic E-state index is 0.174. The fourth-order valence-electron chi connectivity index (χ4n) is 3.13. The zero-order valence-electron chi connectivity index (χ0n) is 16.1. The van der Waals surface area contributed by atoms with Crippen molar-refractivity contribution in [1.82, 2.24) is 5.16 Å². The lowest BCUT2D eigenvalue weighted by Gasteiger charge is -2.28. The highest BCUT2D eigenvalue weighted by molar-refractivity contribution is 7.92. The van der Waals surface area contributed by atoms with E-state index in [1.165, 1.54) is 4.31 Å². The molecule has 1 aromatic heterocycles. The van der Waals surface area contributed by atoms with E-state index >= 15 is 0 Å². The fourth-order valence-corrected chi connectivity index (χ4v) is 4.77. The van der Waals surface area contributed by atoms with Gasteiger partial charge in [0, 0.05) is 17.6 Å². The quantitative estimate of drug-likeness (QED) is 0.865. The molecule has 1 saturated heterocycles. The third-order valence-corrected chi connectivity index (χ3v) is 6.43. The van der Waals surface area contributed by atoms with Crippen LogP contribution in [0.25, 0.3) is 0 Å². The lowest BCUT2D eigenvalue weighted by molar-refractivity contribution is 0.102. The molecule has 3 rings (SSSR count). The highest BCUT2D eigenvalue weighted by Gasteiger charge is 2.29. The van der Waals surface area contributed by atoms with Crippen LogP contribution in [0.1, 0.15) is 55.4 Å². The third-order valence-electron chi connectivity index (χ3n) is 4.56. The van der Waals surface area contributed by atoms with Crippen LogP contribution in [0.4, 0.5) is 11.4 Å². The first-order valence-electron chi connectivity index (χ1n) is 8.98. The Morgan fingerprint density at radius 3 is 2.44 bits per heavy atom. The Kier molecular flexibility index (Phi) is 5.03. The molecule has 2 heterocycles. The first-order chi connectivity index (χ1) is 12.6. The molecule has 1 aliphatic rings. The molecule has 1 aliphatic heterocycles. The largest absolute Gasteiger partial charge is 0.361 e. The molecule has 146 valence electrons. The number of anilines is 2. The molecule has 0 saturated carbocycles. The van der Waals surface area contributed by atoms with Gasteiger partial charge in [-0.3, -0.25) is 9.10 Å². The highest BCUT2D eigenvalue weighted by Crippen LogP contribution is 2.28. The van der Waals surface area contributed by atoms with E-state index in [0.717, 1.165) is 6.42 Å². The summed E-state index contributed by atoms with van der Waals surface area (Å²) in [5.41, 5.74) is 1.92. The maximum absolute atomic E-state index is 12.7. The topological polar surface area (TPSA) is 92.5 Å². The predicted octanol–water partition coefficient (Wildman–Crippen LogP) is 3.46. The summed E-state index contributed by atoms with van der Waals surface area (Å²) in [7, 11) is -3.25. The van der Waals surface area contributed by atoms with Crippen LogP contribution >= 0.6 is 0 Å². The minimum Gasteiger partial charge on any atom is -0.361 e. The first kappa shape index (κ1) is 19.4. The average molecular weight is 391 g/mol. The molecule has 1 aromatic carbocycles. The number of carbonyl (C=O) groups excluding carboxylic acids is 1. The number of amides is 1. The molecule has 27 heavy (non-hydrogen) atoms. The Bertz CT molecular complexity index is 940. The molecule has 8 heteroatoms. The van der Waals surface area contributed by atoms with Crippen molar-refractivity contribution in [3.63, 3.8) is 0 Å². The fraction of sp³-hybridized carbons (Fsp3) is 0.474. The summed E-state index contributed by atoms with van der Waals surface area (Å²) in [5.74, 6) is 0.346. The monoisotopic (exact) mass is 391 g/mol. The van der Waals surface area contributed by atoms with Gasteiger partial charge >= 0.3 is 0 Å². The number of aromatic nitrogens is 1. The summed E-state index contributed by atoms with van der Waals surface area (Å²) in [4.78, 5) is 12.7. The van der Waals surface area contributed by atoms with Crippen molar-refractivity contribution in [3.8, 4) is 0 Å². The van der Waals surface area contributed by atoms with Gasteiger partial charge < -0.3 is 9.84 Å². The molecular weight excluding hydrogens is 366 g/mol. The van der Waals surface area contributed by atoms with Crippen molar-refractivity contribution in [2.45, 2.75) is 46.0 Å². The number of hydrogen-bond donors (Lipinski definition) is 1.